The summed E-state index contributed by atoms with van der Waals surface area (Å²) in [5, 5.41) is 7.44. The Morgan fingerprint density at radius 3 is 3.21 bits per heavy atom. The molecule has 0 bridgehead atoms. The molecule has 0 fully saturated rings. The lowest BCUT2D eigenvalue weighted by atomic mass is 10.5. The number of aromatic nitrogens is 3. The first-order valence-electron chi connectivity index (χ1n) is 4.44. The van der Waals surface area contributed by atoms with Crippen molar-refractivity contribution in [2.45, 2.75) is 0 Å². The maximum Gasteiger partial charge on any atom is 0.243 e. The van der Waals surface area contributed by atoms with Gasteiger partial charge in [0.2, 0.25) is 5.95 Å². The lowest BCUT2D eigenvalue weighted by molar-refractivity contribution is 0.956. The fourth-order valence-electron chi connectivity index (χ4n) is 1.17. The molecule has 0 saturated heterocycles. The van der Waals surface area contributed by atoms with Crippen LogP contribution in [-0.2, 0) is 0 Å². The molecule has 0 aromatic carbocycles. The maximum atomic E-state index is 4.32. The third-order valence-electron chi connectivity index (χ3n) is 1.83. The van der Waals surface area contributed by atoms with E-state index in [1.807, 2.05) is 24.4 Å². The average molecular weight is 208 g/mol. The van der Waals surface area contributed by atoms with Crippen molar-refractivity contribution in [1.29, 1.82) is 0 Å². The Morgan fingerprint density at radius 1 is 1.50 bits per heavy atom. The molecule has 2 aromatic heterocycles. The van der Waals surface area contributed by atoms with E-state index in [0.717, 1.165) is 17.9 Å². The smallest absolute Gasteiger partial charge is 0.243 e. The van der Waals surface area contributed by atoms with E-state index < -0.39 is 0 Å². The third kappa shape index (κ3) is 1.98. The number of fused-ring (bicyclic) bond motifs is 1. The van der Waals surface area contributed by atoms with Crippen LogP contribution in [0.15, 0.2) is 24.4 Å². The van der Waals surface area contributed by atoms with Crippen LogP contribution in [0.4, 0.5) is 5.95 Å². The van der Waals surface area contributed by atoms with Gasteiger partial charge in [-0.3, -0.25) is 0 Å². The molecule has 0 amide bonds. The summed E-state index contributed by atoms with van der Waals surface area (Å²) in [4.78, 5) is 4.32. The van der Waals surface area contributed by atoms with Crippen molar-refractivity contribution >= 4 is 23.4 Å². The van der Waals surface area contributed by atoms with Gasteiger partial charge in [0.25, 0.3) is 0 Å². The predicted molar refractivity (Wildman–Crippen MR) is 59.9 cm³/mol. The quantitative estimate of drug-likeness (QED) is 0.773. The number of nitrogens with zero attached hydrogens (tertiary/aromatic N) is 3. The van der Waals surface area contributed by atoms with Gasteiger partial charge in [-0.1, -0.05) is 6.07 Å². The molecule has 2 rings (SSSR count). The summed E-state index contributed by atoms with van der Waals surface area (Å²) in [7, 11) is 0. The van der Waals surface area contributed by atoms with Crippen LogP contribution < -0.4 is 5.32 Å². The molecule has 2 heterocycles. The highest BCUT2D eigenvalue weighted by Gasteiger charge is 2.00. The summed E-state index contributed by atoms with van der Waals surface area (Å²) in [5.74, 6) is 1.76. The summed E-state index contributed by atoms with van der Waals surface area (Å²) in [6.07, 6.45) is 3.97. The van der Waals surface area contributed by atoms with Crippen LogP contribution in [0.1, 0.15) is 0 Å². The monoisotopic (exact) mass is 208 g/mol. The van der Waals surface area contributed by atoms with E-state index in [-0.39, 0.29) is 0 Å². The molecule has 5 heteroatoms. The van der Waals surface area contributed by atoms with Gasteiger partial charge < -0.3 is 5.32 Å². The van der Waals surface area contributed by atoms with Crippen LogP contribution in [0, 0.1) is 0 Å². The molecule has 0 aliphatic heterocycles. The average Bonchev–Trinajstić information content (AvgIpc) is 2.60. The van der Waals surface area contributed by atoms with Crippen LogP contribution >= 0.6 is 11.8 Å². The van der Waals surface area contributed by atoms with Gasteiger partial charge in [-0.2, -0.15) is 16.7 Å². The number of rotatable bonds is 4. The van der Waals surface area contributed by atoms with Crippen molar-refractivity contribution in [3.63, 3.8) is 0 Å². The molecule has 0 unspecified atom stereocenters. The molecule has 0 aliphatic rings. The summed E-state index contributed by atoms with van der Waals surface area (Å²) in [5.41, 5.74) is 0.874. The van der Waals surface area contributed by atoms with Crippen LogP contribution in [0.25, 0.3) is 5.65 Å². The highest BCUT2D eigenvalue weighted by atomic mass is 32.2. The van der Waals surface area contributed by atoms with E-state index in [0.29, 0.717) is 5.95 Å². The number of thioether (sulfide) groups is 1. The SMILES string of the molecule is CSCCNc1nc2ccccn2n1. The molecule has 74 valence electrons. The molecule has 0 aliphatic carbocycles. The van der Waals surface area contributed by atoms with Gasteiger partial charge in [-0.15, -0.1) is 5.10 Å². The van der Waals surface area contributed by atoms with Crippen molar-refractivity contribution in [3.05, 3.63) is 24.4 Å². The first kappa shape index (κ1) is 9.33. The third-order valence-corrected chi connectivity index (χ3v) is 2.44. The van der Waals surface area contributed by atoms with Gasteiger partial charge in [0.15, 0.2) is 5.65 Å². The number of hydrogen-bond donors (Lipinski definition) is 1. The van der Waals surface area contributed by atoms with Crippen molar-refractivity contribution in [3.8, 4) is 0 Å². The minimum Gasteiger partial charge on any atom is -0.352 e. The second-order valence-electron chi connectivity index (χ2n) is 2.86. The highest BCUT2D eigenvalue weighted by molar-refractivity contribution is 7.98. The molecular weight excluding hydrogens is 196 g/mol. The molecular formula is C9H12N4S. The standard InChI is InChI=1S/C9H12N4S/c1-14-7-5-10-9-11-8-4-2-3-6-13(8)12-9/h2-4,6H,5,7H2,1H3,(H,10,12). The minimum absolute atomic E-state index is 0.699. The molecule has 0 spiro atoms. The van der Waals surface area contributed by atoms with E-state index in [4.69, 9.17) is 0 Å². The van der Waals surface area contributed by atoms with Crippen LogP contribution in [0.5, 0.6) is 0 Å². The van der Waals surface area contributed by atoms with E-state index in [9.17, 15) is 0 Å². The first-order chi connectivity index (χ1) is 6.90. The Labute approximate surface area is 86.7 Å². The maximum absolute atomic E-state index is 4.32. The second kappa shape index (κ2) is 4.32. The zero-order valence-electron chi connectivity index (χ0n) is 7.97. The van der Waals surface area contributed by atoms with Gasteiger partial charge in [-0.05, 0) is 18.4 Å². The molecule has 2 aromatic rings. The van der Waals surface area contributed by atoms with Gasteiger partial charge in [0.1, 0.15) is 0 Å². The largest absolute Gasteiger partial charge is 0.352 e. The second-order valence-corrected chi connectivity index (χ2v) is 3.84. The summed E-state index contributed by atoms with van der Waals surface area (Å²) in [6.45, 7) is 0.901. The van der Waals surface area contributed by atoms with Gasteiger partial charge >= 0.3 is 0 Å². The Morgan fingerprint density at radius 2 is 2.43 bits per heavy atom. The lowest BCUT2D eigenvalue weighted by Crippen LogP contribution is -2.05. The van der Waals surface area contributed by atoms with Crippen LogP contribution in [-0.4, -0.2) is 33.2 Å². The molecule has 14 heavy (non-hydrogen) atoms. The van der Waals surface area contributed by atoms with Gasteiger partial charge in [0.05, 0.1) is 0 Å². The number of anilines is 1. The Kier molecular flexibility index (Phi) is 2.88. The van der Waals surface area contributed by atoms with Crippen molar-refractivity contribution < 1.29 is 0 Å². The topological polar surface area (TPSA) is 42.2 Å². The van der Waals surface area contributed by atoms with Crippen molar-refractivity contribution in [2.75, 3.05) is 23.9 Å². The van der Waals surface area contributed by atoms with E-state index in [2.05, 4.69) is 21.7 Å². The fraction of sp³-hybridized carbons (Fsp3) is 0.333. The Balaban J connectivity index is 2.11. The molecule has 1 N–H and O–H groups in total. The molecule has 0 atom stereocenters. The summed E-state index contributed by atoms with van der Waals surface area (Å²) in [6, 6.07) is 5.83. The van der Waals surface area contributed by atoms with E-state index in [1.165, 1.54) is 0 Å². The van der Waals surface area contributed by atoms with Crippen molar-refractivity contribution in [2.24, 2.45) is 0 Å². The Bertz CT molecular complexity index is 379. The molecule has 4 nitrogen and oxygen atoms in total. The van der Waals surface area contributed by atoms with E-state index in [1.54, 1.807) is 16.3 Å². The molecule has 0 radical (unpaired) electrons. The fourth-order valence-corrected chi connectivity index (χ4v) is 1.48. The highest BCUT2D eigenvalue weighted by Crippen LogP contribution is 2.04. The van der Waals surface area contributed by atoms with E-state index >= 15 is 0 Å². The Hall–Kier alpha value is -1.23. The normalized spacial score (nSPS) is 10.6. The number of hydrogen-bond acceptors (Lipinski definition) is 4. The zero-order chi connectivity index (χ0) is 9.80. The minimum atomic E-state index is 0.699. The summed E-state index contributed by atoms with van der Waals surface area (Å²) >= 11 is 1.80. The van der Waals surface area contributed by atoms with Gasteiger partial charge in [0, 0.05) is 18.5 Å². The zero-order valence-corrected chi connectivity index (χ0v) is 8.79. The number of pyridine rings is 1. The summed E-state index contributed by atoms with van der Waals surface area (Å²) < 4.78 is 1.77. The lowest BCUT2D eigenvalue weighted by Gasteiger charge is -1.97. The number of nitrogens with one attached hydrogen (secondary N) is 1. The van der Waals surface area contributed by atoms with Crippen LogP contribution in [0.3, 0.4) is 0 Å². The predicted octanol–water partition coefficient (Wildman–Crippen LogP) is 1.50. The van der Waals surface area contributed by atoms with Gasteiger partial charge in [-0.25, -0.2) is 4.52 Å². The van der Waals surface area contributed by atoms with Crippen LogP contribution in [0.2, 0.25) is 0 Å². The van der Waals surface area contributed by atoms with Crippen molar-refractivity contribution in [1.82, 2.24) is 14.6 Å². The first-order valence-corrected chi connectivity index (χ1v) is 5.84. The molecule has 0 saturated carbocycles.